The van der Waals surface area contributed by atoms with E-state index in [9.17, 15) is 0 Å². The van der Waals surface area contributed by atoms with E-state index in [4.69, 9.17) is 0 Å². The smallest absolute Gasteiger partial charge is 0.00864 e. The van der Waals surface area contributed by atoms with Crippen molar-refractivity contribution in [2.75, 3.05) is 0 Å². The van der Waals surface area contributed by atoms with E-state index in [-0.39, 0.29) is 0 Å². The molecule has 18 heavy (non-hydrogen) atoms. The van der Waals surface area contributed by atoms with Crippen LogP contribution in [0, 0.1) is 0 Å². The normalized spacial score (nSPS) is 26.0. The minimum absolute atomic E-state index is 0.820. The Morgan fingerprint density at radius 3 is 1.61 bits per heavy atom. The van der Waals surface area contributed by atoms with Gasteiger partial charge in [0, 0.05) is 0 Å². The lowest BCUT2D eigenvalue weighted by atomic mass is 9.58. The van der Waals surface area contributed by atoms with Gasteiger partial charge >= 0.3 is 0 Å². The van der Waals surface area contributed by atoms with Crippen LogP contribution in [0.15, 0.2) is 36.4 Å². The first-order valence-corrected chi connectivity index (χ1v) is 7.17. The van der Waals surface area contributed by atoms with E-state index in [1.807, 2.05) is 0 Å². The van der Waals surface area contributed by atoms with Gasteiger partial charge < -0.3 is 0 Å². The van der Waals surface area contributed by atoms with E-state index in [0.29, 0.717) is 0 Å². The minimum atomic E-state index is 0.820. The predicted octanol–water partition coefficient (Wildman–Crippen LogP) is 4.43. The predicted molar refractivity (Wildman–Crippen MR) is 74.0 cm³/mol. The molecule has 88 valence electrons. The highest BCUT2D eigenvalue weighted by Crippen LogP contribution is 2.59. The number of hydrogen-bond donors (Lipinski definition) is 0. The van der Waals surface area contributed by atoms with Crippen molar-refractivity contribution >= 4 is 0 Å². The van der Waals surface area contributed by atoms with Gasteiger partial charge in [-0.05, 0) is 70.9 Å². The van der Waals surface area contributed by atoms with Crippen molar-refractivity contribution in [3.8, 4) is 11.1 Å². The van der Waals surface area contributed by atoms with Gasteiger partial charge in [-0.3, -0.25) is 0 Å². The number of aryl methyl sites for hydroxylation is 2. The van der Waals surface area contributed by atoms with Gasteiger partial charge in [-0.25, -0.2) is 0 Å². The van der Waals surface area contributed by atoms with Crippen LogP contribution in [0.5, 0.6) is 0 Å². The number of hydrogen-bond acceptors (Lipinski definition) is 0. The Hall–Kier alpha value is -1.56. The summed E-state index contributed by atoms with van der Waals surface area (Å²) in [6.45, 7) is 0. The van der Waals surface area contributed by atoms with E-state index < -0.39 is 0 Å². The molecule has 0 N–H and O–H groups in total. The van der Waals surface area contributed by atoms with E-state index in [1.165, 1.54) is 25.7 Å². The molecule has 0 bridgehead atoms. The molecule has 0 amide bonds. The Balaban J connectivity index is 1.95. The quantitative estimate of drug-likeness (QED) is 0.630. The van der Waals surface area contributed by atoms with Crippen molar-refractivity contribution < 1.29 is 0 Å². The van der Waals surface area contributed by atoms with Crippen molar-refractivity contribution in [2.45, 2.75) is 37.5 Å². The number of rotatable bonds is 0. The third kappa shape index (κ3) is 0.949. The SMILES string of the molecule is c1cc2c3c(c1)C1CCC1c1cccc(c1-3)CC2. The molecule has 5 rings (SSSR count). The molecular weight excluding hydrogens is 216 g/mol. The van der Waals surface area contributed by atoms with Crippen molar-refractivity contribution in [3.63, 3.8) is 0 Å². The van der Waals surface area contributed by atoms with Crippen LogP contribution in [0.25, 0.3) is 11.1 Å². The van der Waals surface area contributed by atoms with Crippen LogP contribution < -0.4 is 0 Å². The van der Waals surface area contributed by atoms with Gasteiger partial charge in [0.2, 0.25) is 0 Å². The molecule has 2 unspecified atom stereocenters. The van der Waals surface area contributed by atoms with Crippen molar-refractivity contribution in [1.29, 1.82) is 0 Å². The number of benzene rings is 2. The minimum Gasteiger partial charge on any atom is -0.0617 e. The molecule has 1 saturated carbocycles. The molecule has 0 saturated heterocycles. The Kier molecular flexibility index (Phi) is 1.59. The molecule has 2 aromatic rings. The van der Waals surface area contributed by atoms with E-state index in [1.54, 1.807) is 33.4 Å². The van der Waals surface area contributed by atoms with E-state index in [0.717, 1.165) is 11.8 Å². The van der Waals surface area contributed by atoms with Gasteiger partial charge in [-0.15, -0.1) is 0 Å². The third-order valence-electron chi connectivity index (χ3n) is 5.35. The van der Waals surface area contributed by atoms with Crippen LogP contribution in [0.2, 0.25) is 0 Å². The summed E-state index contributed by atoms with van der Waals surface area (Å²) in [5.41, 5.74) is 9.74. The molecule has 0 radical (unpaired) electrons. The first-order valence-electron chi connectivity index (χ1n) is 7.17. The van der Waals surface area contributed by atoms with Crippen molar-refractivity contribution in [2.24, 2.45) is 0 Å². The summed E-state index contributed by atoms with van der Waals surface area (Å²) in [6.07, 6.45) is 5.25. The largest absolute Gasteiger partial charge is 0.0617 e. The maximum Gasteiger partial charge on any atom is -0.00864 e. The summed E-state index contributed by atoms with van der Waals surface area (Å²) >= 11 is 0. The van der Waals surface area contributed by atoms with Gasteiger partial charge in [0.15, 0.2) is 0 Å². The second kappa shape index (κ2) is 3.06. The highest BCUT2D eigenvalue weighted by molar-refractivity contribution is 5.82. The maximum absolute atomic E-state index is 2.39. The zero-order valence-electron chi connectivity index (χ0n) is 10.4. The van der Waals surface area contributed by atoms with Gasteiger partial charge in [-0.1, -0.05) is 36.4 Å². The van der Waals surface area contributed by atoms with Gasteiger partial charge in [-0.2, -0.15) is 0 Å². The lowest BCUT2D eigenvalue weighted by Gasteiger charge is -2.45. The van der Waals surface area contributed by atoms with Gasteiger partial charge in [0.05, 0.1) is 0 Å². The maximum atomic E-state index is 2.39. The zero-order valence-corrected chi connectivity index (χ0v) is 10.4. The van der Waals surface area contributed by atoms with Crippen LogP contribution in [-0.4, -0.2) is 0 Å². The molecule has 1 fully saturated rings. The first kappa shape index (κ1) is 9.38. The zero-order chi connectivity index (χ0) is 11.7. The highest BCUT2D eigenvalue weighted by atomic mass is 14.4. The van der Waals surface area contributed by atoms with Crippen molar-refractivity contribution in [3.05, 3.63) is 58.7 Å². The summed E-state index contributed by atoms with van der Waals surface area (Å²) in [6, 6.07) is 14.0. The Morgan fingerprint density at radius 2 is 1.17 bits per heavy atom. The van der Waals surface area contributed by atoms with Crippen LogP contribution >= 0.6 is 0 Å². The molecule has 0 spiro atoms. The lowest BCUT2D eigenvalue weighted by molar-refractivity contribution is 0.342. The Morgan fingerprint density at radius 1 is 0.667 bits per heavy atom. The standard InChI is InChI=1S/C18H16/c1-3-11-7-8-12-4-2-6-16-14-10-9-13(14)15(5-1)17(11)18(12)16/h1-6,13-14H,7-10H2. The molecule has 3 aliphatic rings. The van der Waals surface area contributed by atoms with Crippen LogP contribution in [0.1, 0.15) is 46.9 Å². The van der Waals surface area contributed by atoms with Crippen molar-refractivity contribution in [1.82, 2.24) is 0 Å². The Labute approximate surface area is 108 Å². The molecule has 3 aliphatic carbocycles. The molecule has 0 heterocycles. The average Bonchev–Trinajstić information content (AvgIpc) is 2.37. The molecule has 0 aliphatic heterocycles. The van der Waals surface area contributed by atoms with Gasteiger partial charge in [0.25, 0.3) is 0 Å². The number of fused-ring (bicyclic) bond motifs is 3. The monoisotopic (exact) mass is 232 g/mol. The summed E-state index contributed by atoms with van der Waals surface area (Å²) in [5.74, 6) is 1.64. The summed E-state index contributed by atoms with van der Waals surface area (Å²) < 4.78 is 0. The lowest BCUT2D eigenvalue weighted by Crippen LogP contribution is -2.28. The molecule has 2 aromatic carbocycles. The first-order chi connectivity index (χ1) is 8.93. The molecule has 0 aromatic heterocycles. The summed E-state index contributed by atoms with van der Waals surface area (Å²) in [7, 11) is 0. The topological polar surface area (TPSA) is 0 Å². The Bertz CT molecular complexity index is 606. The summed E-state index contributed by atoms with van der Waals surface area (Å²) in [4.78, 5) is 0. The molecule has 0 heteroatoms. The summed E-state index contributed by atoms with van der Waals surface area (Å²) in [5, 5.41) is 0. The van der Waals surface area contributed by atoms with Crippen LogP contribution in [-0.2, 0) is 12.8 Å². The van der Waals surface area contributed by atoms with Crippen LogP contribution in [0.3, 0.4) is 0 Å². The third-order valence-corrected chi connectivity index (χ3v) is 5.35. The molecular formula is C18H16. The second-order valence-electron chi connectivity index (χ2n) is 6.05. The van der Waals surface area contributed by atoms with Crippen LogP contribution in [0.4, 0.5) is 0 Å². The average molecular weight is 232 g/mol. The second-order valence-corrected chi connectivity index (χ2v) is 6.05. The molecule has 0 nitrogen and oxygen atoms in total. The highest BCUT2D eigenvalue weighted by Gasteiger charge is 2.41. The fraction of sp³-hybridized carbons (Fsp3) is 0.333. The fourth-order valence-electron chi connectivity index (χ4n) is 4.40. The van der Waals surface area contributed by atoms with E-state index in [2.05, 4.69) is 36.4 Å². The molecule has 2 atom stereocenters. The van der Waals surface area contributed by atoms with Gasteiger partial charge in [0.1, 0.15) is 0 Å². The fourth-order valence-corrected chi connectivity index (χ4v) is 4.40. The van der Waals surface area contributed by atoms with E-state index >= 15 is 0 Å².